The van der Waals surface area contributed by atoms with Gasteiger partial charge >= 0.3 is 0 Å². The summed E-state index contributed by atoms with van der Waals surface area (Å²) in [5.74, 6) is 0.968. The Hall–Kier alpha value is -1.62. The molecule has 2 N–H and O–H groups in total. The van der Waals surface area contributed by atoms with Crippen LogP contribution >= 0.6 is 11.8 Å². The molecule has 0 aromatic heterocycles. The monoisotopic (exact) mass is 462 g/mol. The maximum atomic E-state index is 12.4. The lowest BCUT2D eigenvalue weighted by Crippen LogP contribution is -2.52. The highest BCUT2D eigenvalue weighted by Crippen LogP contribution is 2.70. The molecule has 1 unspecified atom stereocenters. The first kappa shape index (κ1) is 21.9. The number of ketones is 1. The van der Waals surface area contributed by atoms with Crippen molar-refractivity contribution in [3.05, 3.63) is 64.3 Å². The van der Waals surface area contributed by atoms with E-state index in [4.69, 9.17) is 0 Å². The number of rotatable bonds is 3. The molecule has 1 spiro atoms. The lowest BCUT2D eigenvalue weighted by molar-refractivity contribution is -0.115. The molecule has 1 fully saturated rings. The summed E-state index contributed by atoms with van der Waals surface area (Å²) in [5.41, 5.74) is 6.32. The third kappa shape index (κ3) is 2.87. The van der Waals surface area contributed by atoms with E-state index in [0.717, 1.165) is 44.9 Å². The van der Waals surface area contributed by atoms with Crippen LogP contribution < -0.4 is 0 Å². The highest BCUT2D eigenvalue weighted by atomic mass is 32.2. The van der Waals surface area contributed by atoms with Crippen LogP contribution in [-0.4, -0.2) is 34.5 Å². The molecule has 5 aliphatic rings. The summed E-state index contributed by atoms with van der Waals surface area (Å²) in [6.07, 6.45) is 15.0. The van der Waals surface area contributed by atoms with Crippen molar-refractivity contribution in [1.82, 2.24) is 0 Å². The van der Waals surface area contributed by atoms with Gasteiger partial charge in [-0.05, 0) is 86.5 Å². The zero-order chi connectivity index (χ0) is 23.0. The number of aliphatic hydroxyl groups excluding tert-OH is 1. The van der Waals surface area contributed by atoms with Crippen LogP contribution in [0.1, 0.15) is 68.9 Å². The molecular weight excluding hydrogens is 428 g/mol. The molecule has 1 saturated carbocycles. The predicted molar refractivity (Wildman–Crippen MR) is 132 cm³/mol. The Kier molecular flexibility index (Phi) is 4.93. The van der Waals surface area contributed by atoms with Crippen molar-refractivity contribution >= 4 is 17.5 Å². The number of allylic oxidation sites excluding steroid dienone is 4. The van der Waals surface area contributed by atoms with Gasteiger partial charge in [-0.15, -0.1) is 11.8 Å². The topological polar surface area (TPSA) is 57.5 Å². The number of benzene rings is 1. The average Bonchev–Trinajstić information content (AvgIpc) is 3.08. The highest BCUT2D eigenvalue weighted by molar-refractivity contribution is 7.98. The molecule has 0 aliphatic heterocycles. The predicted octanol–water partition coefficient (Wildman–Crippen LogP) is 5.51. The van der Waals surface area contributed by atoms with E-state index in [2.05, 4.69) is 31.4 Å². The number of hydrogen-bond donors (Lipinski definition) is 2. The summed E-state index contributed by atoms with van der Waals surface area (Å²) in [6, 6.07) is 6.98. The second-order valence-corrected chi connectivity index (χ2v) is 12.1. The van der Waals surface area contributed by atoms with Gasteiger partial charge in [0, 0.05) is 28.1 Å². The Morgan fingerprint density at radius 2 is 2.06 bits per heavy atom. The van der Waals surface area contributed by atoms with Crippen LogP contribution in [0.4, 0.5) is 0 Å². The third-order valence-electron chi connectivity index (χ3n) is 9.96. The Morgan fingerprint density at radius 1 is 1.21 bits per heavy atom. The van der Waals surface area contributed by atoms with Gasteiger partial charge in [0.15, 0.2) is 5.78 Å². The number of fused-ring (bicyclic) bond motifs is 4. The van der Waals surface area contributed by atoms with Gasteiger partial charge < -0.3 is 10.2 Å². The van der Waals surface area contributed by atoms with Gasteiger partial charge in [-0.1, -0.05) is 41.9 Å². The van der Waals surface area contributed by atoms with Gasteiger partial charge in [0.2, 0.25) is 0 Å². The summed E-state index contributed by atoms with van der Waals surface area (Å²) in [7, 11) is 0. The first-order valence-corrected chi connectivity index (χ1v) is 13.7. The summed E-state index contributed by atoms with van der Waals surface area (Å²) in [5, 5.41) is 21.3. The molecule has 4 heteroatoms. The third-order valence-corrected chi connectivity index (χ3v) is 10.7. The molecule has 0 amide bonds. The van der Waals surface area contributed by atoms with E-state index in [-0.39, 0.29) is 17.4 Å². The van der Waals surface area contributed by atoms with Crippen LogP contribution in [-0.2, 0) is 11.2 Å². The van der Waals surface area contributed by atoms with Crippen LogP contribution in [0.15, 0.2) is 58.0 Å². The normalized spacial score (nSPS) is 39.2. The van der Waals surface area contributed by atoms with Crippen LogP contribution in [0.5, 0.6) is 0 Å². The number of thioether (sulfide) groups is 1. The molecule has 0 radical (unpaired) electrons. The minimum Gasteiger partial charge on any atom is -0.392 e. The minimum absolute atomic E-state index is 0.000828. The molecule has 0 bridgehead atoms. The van der Waals surface area contributed by atoms with E-state index in [1.54, 1.807) is 29.0 Å². The second-order valence-electron chi connectivity index (χ2n) is 11.2. The van der Waals surface area contributed by atoms with Crippen molar-refractivity contribution in [3.63, 3.8) is 0 Å². The summed E-state index contributed by atoms with van der Waals surface area (Å²) < 4.78 is 0. The van der Waals surface area contributed by atoms with Gasteiger partial charge in [-0.2, -0.15) is 0 Å². The highest BCUT2D eigenvalue weighted by Gasteiger charge is 2.63. The van der Waals surface area contributed by atoms with Gasteiger partial charge in [0.05, 0.1) is 12.2 Å². The molecule has 3 nitrogen and oxygen atoms in total. The van der Waals surface area contributed by atoms with E-state index in [0.29, 0.717) is 24.0 Å². The molecule has 174 valence electrons. The van der Waals surface area contributed by atoms with E-state index in [1.165, 1.54) is 21.6 Å². The van der Waals surface area contributed by atoms with Crippen molar-refractivity contribution in [1.29, 1.82) is 0 Å². The molecule has 6 rings (SSSR count). The van der Waals surface area contributed by atoms with Crippen molar-refractivity contribution in [2.45, 2.75) is 74.7 Å². The van der Waals surface area contributed by atoms with Crippen LogP contribution in [0, 0.1) is 16.7 Å². The molecule has 1 aromatic rings. The van der Waals surface area contributed by atoms with E-state index >= 15 is 0 Å². The molecule has 0 saturated heterocycles. The van der Waals surface area contributed by atoms with Crippen molar-refractivity contribution in [2.75, 3.05) is 12.9 Å². The summed E-state index contributed by atoms with van der Waals surface area (Å²) in [6.45, 7) is 2.26. The zero-order valence-corrected chi connectivity index (χ0v) is 20.5. The van der Waals surface area contributed by atoms with Crippen LogP contribution in [0.2, 0.25) is 0 Å². The molecular formula is C29H34O3S. The summed E-state index contributed by atoms with van der Waals surface area (Å²) in [4.78, 5) is 13.7. The van der Waals surface area contributed by atoms with Crippen LogP contribution in [0.3, 0.4) is 0 Å². The van der Waals surface area contributed by atoms with E-state index in [9.17, 15) is 15.0 Å². The Bertz CT molecular complexity index is 1130. The van der Waals surface area contributed by atoms with Crippen molar-refractivity contribution in [3.8, 4) is 0 Å². The van der Waals surface area contributed by atoms with E-state index < -0.39 is 5.60 Å². The lowest BCUT2D eigenvalue weighted by Gasteiger charge is -2.58. The Morgan fingerprint density at radius 3 is 2.85 bits per heavy atom. The SMILES string of the molecule is CSc1ccc2c(c1)C[C@]13CCC(=O)C=C1CCC1=C3C2C[C@@]2(C)[C@H]1CC[C@@]2(O)/C=C\CO. The van der Waals surface area contributed by atoms with Gasteiger partial charge in [0.1, 0.15) is 0 Å². The molecule has 0 heterocycles. The zero-order valence-electron chi connectivity index (χ0n) is 19.7. The molecule has 5 atom stereocenters. The second kappa shape index (κ2) is 7.44. The number of hydrogen-bond acceptors (Lipinski definition) is 4. The molecule has 33 heavy (non-hydrogen) atoms. The smallest absolute Gasteiger partial charge is 0.155 e. The number of aliphatic hydroxyl groups is 2. The van der Waals surface area contributed by atoms with Gasteiger partial charge in [0.25, 0.3) is 0 Å². The fraction of sp³-hybridized carbons (Fsp3) is 0.552. The van der Waals surface area contributed by atoms with Crippen molar-refractivity contribution in [2.24, 2.45) is 16.7 Å². The van der Waals surface area contributed by atoms with Gasteiger partial charge in [-0.3, -0.25) is 4.79 Å². The van der Waals surface area contributed by atoms with E-state index in [1.807, 2.05) is 12.2 Å². The van der Waals surface area contributed by atoms with Crippen molar-refractivity contribution < 1.29 is 15.0 Å². The maximum Gasteiger partial charge on any atom is 0.155 e. The maximum absolute atomic E-state index is 12.4. The Balaban J connectivity index is 1.59. The molecule has 5 aliphatic carbocycles. The number of carbonyl (C=O) groups is 1. The number of carbonyl (C=O) groups excluding carboxylic acids is 1. The largest absolute Gasteiger partial charge is 0.392 e. The first-order chi connectivity index (χ1) is 15.8. The Labute approximate surface area is 201 Å². The van der Waals surface area contributed by atoms with Crippen LogP contribution in [0.25, 0.3) is 0 Å². The first-order valence-electron chi connectivity index (χ1n) is 12.5. The standard InChI is InChI=1S/C29H34O3S/c1-27-17-24-22-7-5-21(33-2)14-18(22)16-28-11-8-20(31)15-19(28)4-6-23(26(24)28)25(27)9-12-29(27,32)10-3-13-30/h3,5,7,10,14-15,24-25,30,32H,4,6,8-9,11-13,16-17H2,1-2H3/b10-3-/t24?,25-,27-,28+,29-/m0/s1. The lowest BCUT2D eigenvalue weighted by atomic mass is 9.45. The van der Waals surface area contributed by atoms with Gasteiger partial charge in [-0.25, -0.2) is 0 Å². The fourth-order valence-corrected chi connectivity index (χ4v) is 8.90. The molecule has 1 aromatic carbocycles. The summed E-state index contributed by atoms with van der Waals surface area (Å²) >= 11 is 1.79. The quantitative estimate of drug-likeness (QED) is 0.459. The average molecular weight is 463 g/mol. The fourth-order valence-electron chi connectivity index (χ4n) is 8.44. The minimum atomic E-state index is -0.887.